The van der Waals surface area contributed by atoms with Gasteiger partial charge in [-0.15, -0.1) is 13.2 Å². The van der Waals surface area contributed by atoms with E-state index in [1.807, 2.05) is 55.4 Å². The van der Waals surface area contributed by atoms with E-state index in [9.17, 15) is 63.3 Å². The van der Waals surface area contributed by atoms with E-state index < -0.39 is 107 Å². The minimum atomic E-state index is -1.46. The van der Waals surface area contributed by atoms with Gasteiger partial charge >= 0.3 is 5.97 Å². The van der Waals surface area contributed by atoms with Gasteiger partial charge in [-0.25, -0.2) is 14.8 Å². The number of nitrogens with one attached hydrogen (secondary N) is 7. The molecule has 10 rings (SSSR count). The SMILES string of the molecule is C=CCNC(=O)C(O)C(CC1CC1)NC(=O)[C@@H]1[C@@H]2[C@H](CN1C(=O)[C@@H](NC(=O)[C@@H](NC(=O)c1cnccn1)C1CCCCC1)C(C)(C)C)C2(C)C.C=CCNC(=O)C(O)C([NH3+])CC1CC1.CC(C)(C)[C@H](NC(=O)[C@@H](NC(=O)c1cnccn1)C1CCCCC1)C(=O)N1C[C@H]2[C@@H]([C@H]1C(=O)O)C2(C)C.[Cl-]. The van der Waals surface area contributed by atoms with Crippen LogP contribution in [0.5, 0.6) is 0 Å². The van der Waals surface area contributed by atoms with E-state index in [0.717, 1.165) is 83.5 Å². The number of hydrogen-bond donors (Lipinski definition) is 11. The molecule has 6 aliphatic carbocycles. The number of quaternary nitrogens is 1. The van der Waals surface area contributed by atoms with Crippen molar-refractivity contribution in [2.75, 3.05) is 26.2 Å². The van der Waals surface area contributed by atoms with Crippen molar-refractivity contribution in [3.8, 4) is 0 Å². The molecule has 2 aliphatic heterocycles. The molecule has 0 radical (unpaired) electrons. The minimum absolute atomic E-state index is 0. The Morgan fingerprint density at radius 3 is 1.32 bits per heavy atom. The third-order valence-corrected chi connectivity index (χ3v) is 22.4. The number of rotatable bonds is 27. The van der Waals surface area contributed by atoms with E-state index in [1.165, 1.54) is 61.0 Å². The largest absolute Gasteiger partial charge is 1.00 e. The highest BCUT2D eigenvalue weighted by Gasteiger charge is 2.71. The fraction of sp³-hybridized carbons (Fsp3) is 0.703. The number of piperidine rings is 2. The maximum Gasteiger partial charge on any atom is 0.326 e. The van der Waals surface area contributed by atoms with Crippen molar-refractivity contribution in [3.05, 3.63) is 73.9 Å². The molecule has 13 N–H and O–H groups in total. The van der Waals surface area contributed by atoms with Crippen LogP contribution in [0.25, 0.3) is 0 Å². The summed E-state index contributed by atoms with van der Waals surface area (Å²) in [5.74, 6) is -4.20. The second-order valence-electron chi connectivity index (χ2n) is 32.8. The number of nitrogens with zero attached hydrogens (tertiary/aromatic N) is 6. The summed E-state index contributed by atoms with van der Waals surface area (Å²) >= 11 is 0. The highest BCUT2D eigenvalue weighted by molar-refractivity contribution is 6.00. The van der Waals surface area contributed by atoms with Crippen LogP contribution < -0.4 is 55.4 Å². The number of carboxylic acid groups (broad SMARTS) is 1. The fourth-order valence-corrected chi connectivity index (χ4v) is 15.8. The maximum atomic E-state index is 14.6. The maximum absolute atomic E-state index is 14.6. The predicted octanol–water partition coefficient (Wildman–Crippen LogP) is 0.435. The molecular formula is C74H113ClN14O13. The zero-order valence-corrected chi connectivity index (χ0v) is 62.0. The number of likely N-dealkylation sites (tertiary alicyclic amines) is 2. The van der Waals surface area contributed by atoms with Crippen LogP contribution >= 0.6 is 0 Å². The Hall–Kier alpha value is -7.49. The van der Waals surface area contributed by atoms with Gasteiger partial charge < -0.3 is 80.5 Å². The smallest absolute Gasteiger partial charge is 0.326 e. The Morgan fingerprint density at radius 1 is 0.559 bits per heavy atom. The second kappa shape index (κ2) is 34.9. The molecule has 14 atom stereocenters. The van der Waals surface area contributed by atoms with Crippen molar-refractivity contribution in [2.24, 2.45) is 69.0 Å². The number of carbonyl (C=O) groups excluding carboxylic acids is 9. The number of carboxylic acids is 1. The van der Waals surface area contributed by atoms with Crippen LogP contribution in [0.3, 0.4) is 0 Å². The molecule has 4 unspecified atom stereocenters. The molecule has 102 heavy (non-hydrogen) atoms. The van der Waals surface area contributed by atoms with Gasteiger partial charge in [0.1, 0.15) is 53.7 Å². The van der Waals surface area contributed by atoms with E-state index in [0.29, 0.717) is 37.9 Å². The van der Waals surface area contributed by atoms with Crippen molar-refractivity contribution in [1.82, 2.24) is 67.0 Å². The molecule has 27 nitrogen and oxygen atoms in total. The number of amides is 9. The number of aliphatic hydroxyl groups excluding tert-OH is 2. The first-order valence-electron chi connectivity index (χ1n) is 36.5. The molecule has 4 heterocycles. The number of aliphatic carboxylic acids is 1. The van der Waals surface area contributed by atoms with Gasteiger partial charge in [-0.3, -0.25) is 53.1 Å². The number of hydrogen-bond acceptors (Lipinski definition) is 16. The standard InChI is InChI=1S/C37H55N7O6.C27H39N5O5.C10H18N2O2.ClH/c1-7-15-40-34(49)29(45)24(18-21-13-14-21)41-33(48)28-26-23(37(26,5)6)20-44(28)35(50)30(36(2,3)4)43-32(47)27(22-11-9-8-10-12-22)42-31(46)25-19-38-16-17-39-25;1-26(2,3)21(24(35)32-14-16-18(27(16,4)5)20(32)25(36)37)31-23(34)19(15-9-7-6-8-10-15)30-22(33)17-13-28-11-12-29-17;1-2-5-12-10(14)9(13)8(11)6-7-3-4-7;/h7,16-17,19,21-24,26-30,45H,1,8-15,18,20H2,2-6H3,(H,40,49)(H,41,48)(H,42,46)(H,43,47);11-13,15-16,18-21H,6-10,14H2,1-5H3,(H,30,33)(H,31,34)(H,36,37);2,7-9,13H,1,3-6,11H2,(H,12,14);1H/t23-,24?,26-,27-,28-,29?,30+;16-,18-,19-,20-,21+;;/m00../s1. The third kappa shape index (κ3) is 20.5. The summed E-state index contributed by atoms with van der Waals surface area (Å²) in [4.78, 5) is 152. The van der Waals surface area contributed by atoms with E-state index in [-0.39, 0.29) is 100 Å². The zero-order chi connectivity index (χ0) is 74.1. The quantitative estimate of drug-likeness (QED) is 0.0541. The van der Waals surface area contributed by atoms with Gasteiger partial charge in [-0.05, 0) is 108 Å². The molecule has 2 aromatic rings. The average Bonchev–Trinajstić information content (AvgIpc) is 1.53. The Morgan fingerprint density at radius 2 is 0.951 bits per heavy atom. The van der Waals surface area contributed by atoms with Crippen molar-refractivity contribution in [3.63, 3.8) is 0 Å². The Labute approximate surface area is 606 Å². The molecule has 0 aromatic carbocycles. The normalized spacial score (nSPS) is 24.7. The van der Waals surface area contributed by atoms with Crippen LogP contribution in [0.2, 0.25) is 0 Å². The van der Waals surface area contributed by atoms with Crippen LogP contribution in [-0.4, -0.2) is 191 Å². The molecule has 0 bridgehead atoms. The van der Waals surface area contributed by atoms with Gasteiger partial charge in [0.05, 0.1) is 18.4 Å². The first-order valence-corrected chi connectivity index (χ1v) is 36.5. The van der Waals surface area contributed by atoms with Gasteiger partial charge in [-0.1, -0.05) is 133 Å². The third-order valence-electron chi connectivity index (χ3n) is 22.4. The average molecular weight is 1440 g/mol. The van der Waals surface area contributed by atoms with Gasteiger partial charge in [0, 0.05) is 63.3 Å². The summed E-state index contributed by atoms with van der Waals surface area (Å²) < 4.78 is 0. The summed E-state index contributed by atoms with van der Waals surface area (Å²) in [7, 11) is 0. The Kier molecular flexibility index (Phi) is 28.0. The monoisotopic (exact) mass is 1440 g/mol. The molecule has 8 fully saturated rings. The number of halogens is 1. The molecule has 2 aromatic heterocycles. The summed E-state index contributed by atoms with van der Waals surface area (Å²) in [6, 6.07) is -6.40. The van der Waals surface area contributed by atoms with E-state index in [1.54, 1.807) is 11.0 Å². The van der Waals surface area contributed by atoms with Crippen molar-refractivity contribution < 1.29 is 81.4 Å². The van der Waals surface area contributed by atoms with Gasteiger partial charge in [0.15, 0.2) is 12.2 Å². The fourth-order valence-electron chi connectivity index (χ4n) is 15.8. The topological polar surface area (TPSA) is 401 Å². The molecule has 564 valence electrons. The number of aromatic nitrogens is 4. The lowest BCUT2D eigenvalue weighted by molar-refractivity contribution is -0.435. The summed E-state index contributed by atoms with van der Waals surface area (Å²) in [5.41, 5.74) is 2.31. The predicted molar refractivity (Wildman–Crippen MR) is 374 cm³/mol. The van der Waals surface area contributed by atoms with Crippen molar-refractivity contribution in [2.45, 2.75) is 233 Å². The highest BCUT2D eigenvalue weighted by Crippen LogP contribution is 2.66. The van der Waals surface area contributed by atoms with Gasteiger partial charge in [0.2, 0.25) is 29.5 Å². The first kappa shape index (κ1) is 81.8. The lowest BCUT2D eigenvalue weighted by Crippen LogP contribution is -3.00. The molecular weight excluding hydrogens is 1330 g/mol. The number of carbonyl (C=O) groups is 10. The first-order chi connectivity index (χ1) is 47.6. The van der Waals surface area contributed by atoms with Crippen LogP contribution in [0.15, 0.2) is 62.5 Å². The van der Waals surface area contributed by atoms with Crippen LogP contribution in [0.4, 0.5) is 0 Å². The van der Waals surface area contributed by atoms with Crippen LogP contribution in [0.1, 0.15) is 193 Å². The highest BCUT2D eigenvalue weighted by atomic mass is 35.5. The van der Waals surface area contributed by atoms with Crippen LogP contribution in [0, 0.1) is 69.0 Å². The summed E-state index contributed by atoms with van der Waals surface area (Å²) in [5, 5.41) is 50.3. The Balaban J connectivity index is 0.000000245. The molecule has 8 aliphatic rings. The number of fused-ring (bicyclic) bond motifs is 2. The number of aliphatic hydroxyl groups is 2. The van der Waals surface area contributed by atoms with Crippen LogP contribution in [-0.2, 0) is 38.4 Å². The molecule has 9 amide bonds. The van der Waals surface area contributed by atoms with E-state index in [4.69, 9.17) is 0 Å². The molecule has 6 saturated carbocycles. The molecule has 2 saturated heterocycles. The second-order valence-corrected chi connectivity index (χ2v) is 32.8. The van der Waals surface area contributed by atoms with E-state index in [2.05, 4.69) is 89.9 Å². The van der Waals surface area contributed by atoms with E-state index >= 15 is 0 Å². The minimum Gasteiger partial charge on any atom is -1.00 e. The molecule has 0 spiro atoms. The van der Waals surface area contributed by atoms with Crippen molar-refractivity contribution >= 4 is 59.1 Å². The lowest BCUT2D eigenvalue weighted by atomic mass is 9.82. The van der Waals surface area contributed by atoms with Gasteiger partial charge in [0.25, 0.3) is 23.6 Å². The molecule has 28 heteroatoms. The summed E-state index contributed by atoms with van der Waals surface area (Å²) in [6.45, 7) is 27.8. The zero-order valence-electron chi connectivity index (χ0n) is 61.3. The summed E-state index contributed by atoms with van der Waals surface area (Å²) in [6.07, 6.45) is 23.8. The van der Waals surface area contributed by atoms with Crippen molar-refractivity contribution in [1.29, 1.82) is 0 Å². The van der Waals surface area contributed by atoms with Gasteiger partial charge in [-0.2, -0.15) is 0 Å². The lowest BCUT2D eigenvalue weighted by Gasteiger charge is -2.39. The Bertz CT molecular complexity index is 3290.